The lowest BCUT2D eigenvalue weighted by Gasteiger charge is -2.06. The fourth-order valence-electron chi connectivity index (χ4n) is 2.47. The van der Waals surface area contributed by atoms with E-state index >= 15 is 0 Å². The van der Waals surface area contributed by atoms with Gasteiger partial charge in [0.2, 0.25) is 0 Å². The number of nitrogens with one attached hydrogen (secondary N) is 1. The van der Waals surface area contributed by atoms with Gasteiger partial charge < -0.3 is 0 Å². The van der Waals surface area contributed by atoms with E-state index in [1.807, 2.05) is 41.8 Å². The molecule has 7 heteroatoms. The highest BCUT2D eigenvalue weighted by Crippen LogP contribution is 2.26. The van der Waals surface area contributed by atoms with Crippen LogP contribution in [0.5, 0.6) is 0 Å². The van der Waals surface area contributed by atoms with E-state index < -0.39 is 0 Å². The maximum atomic E-state index is 12.7. The smallest absolute Gasteiger partial charge is 0.258 e. The van der Waals surface area contributed by atoms with Gasteiger partial charge in [-0.15, -0.1) is 11.3 Å². The predicted octanol–water partition coefficient (Wildman–Crippen LogP) is 4.66. The van der Waals surface area contributed by atoms with Gasteiger partial charge in [-0.2, -0.15) is 0 Å². The summed E-state index contributed by atoms with van der Waals surface area (Å²) in [6, 6.07) is 12.7. The van der Waals surface area contributed by atoms with Gasteiger partial charge in [0.15, 0.2) is 5.13 Å². The second kappa shape index (κ2) is 6.58. The number of carbonyl (C=O) groups is 1. The van der Waals surface area contributed by atoms with Crippen molar-refractivity contribution in [2.75, 3.05) is 5.32 Å². The summed E-state index contributed by atoms with van der Waals surface area (Å²) in [4.78, 5) is 25.4. The molecular weight excluding hydrogens is 356 g/mol. The lowest BCUT2D eigenvalue weighted by Crippen LogP contribution is -2.12. The number of hydrogen-bond donors (Lipinski definition) is 1. The zero-order chi connectivity index (χ0) is 17.2. The second-order valence-corrected chi connectivity index (χ2v) is 6.49. The molecule has 3 aromatic heterocycles. The van der Waals surface area contributed by atoms with E-state index in [9.17, 15) is 4.79 Å². The van der Waals surface area contributed by atoms with Crippen molar-refractivity contribution in [3.05, 3.63) is 71.0 Å². The molecule has 1 N–H and O–H groups in total. The van der Waals surface area contributed by atoms with E-state index in [0.29, 0.717) is 16.2 Å². The molecule has 0 unspecified atom stereocenters. The fraction of sp³-hybridized carbons (Fsp3) is 0. The Kier molecular flexibility index (Phi) is 4.13. The zero-order valence-corrected chi connectivity index (χ0v) is 14.4. The lowest BCUT2D eigenvalue weighted by molar-refractivity contribution is 0.102. The number of amides is 1. The third-order valence-electron chi connectivity index (χ3n) is 3.61. The Morgan fingerprint density at radius 3 is 2.84 bits per heavy atom. The van der Waals surface area contributed by atoms with Crippen LogP contribution in [-0.4, -0.2) is 20.9 Å². The third-order valence-corrected chi connectivity index (χ3v) is 4.56. The first-order valence-electron chi connectivity index (χ1n) is 7.43. The zero-order valence-electron chi connectivity index (χ0n) is 12.8. The lowest BCUT2D eigenvalue weighted by atomic mass is 10.1. The summed E-state index contributed by atoms with van der Waals surface area (Å²) in [6.07, 6.45) is 3.44. The van der Waals surface area contributed by atoms with Crippen LogP contribution in [0.25, 0.3) is 22.2 Å². The molecule has 1 amide bonds. The molecule has 0 aliphatic rings. The van der Waals surface area contributed by atoms with Crippen molar-refractivity contribution in [3.8, 4) is 11.3 Å². The minimum absolute atomic E-state index is 0.271. The monoisotopic (exact) mass is 366 g/mol. The molecule has 0 bridgehead atoms. The van der Waals surface area contributed by atoms with Gasteiger partial charge in [-0.3, -0.25) is 15.1 Å². The number of para-hydroxylation sites is 1. The molecule has 0 saturated carbocycles. The van der Waals surface area contributed by atoms with Crippen LogP contribution >= 0.6 is 22.9 Å². The Balaban J connectivity index is 1.64. The van der Waals surface area contributed by atoms with Crippen LogP contribution in [0.3, 0.4) is 0 Å². The first-order chi connectivity index (χ1) is 12.2. The Morgan fingerprint density at radius 1 is 1.12 bits per heavy atom. The summed E-state index contributed by atoms with van der Waals surface area (Å²) >= 11 is 7.40. The Bertz CT molecular complexity index is 1070. The average molecular weight is 367 g/mol. The molecule has 3 heterocycles. The van der Waals surface area contributed by atoms with E-state index in [2.05, 4.69) is 20.3 Å². The summed E-state index contributed by atoms with van der Waals surface area (Å²) in [6.45, 7) is 0. The predicted molar refractivity (Wildman–Crippen MR) is 100 cm³/mol. The number of halogens is 1. The highest BCUT2D eigenvalue weighted by molar-refractivity contribution is 7.14. The van der Waals surface area contributed by atoms with Crippen molar-refractivity contribution in [2.45, 2.75) is 0 Å². The maximum Gasteiger partial charge on any atom is 0.258 e. The standard InChI is InChI=1S/C18H11ClN4OS/c19-16-8-13(12-5-1-2-6-14(12)21-16)17(24)23-18-22-15(10-25-18)11-4-3-7-20-9-11/h1-10H,(H,22,23,24). The number of rotatable bonds is 3. The van der Waals surface area contributed by atoms with E-state index in [1.54, 1.807) is 18.5 Å². The number of anilines is 1. The number of pyridine rings is 2. The molecule has 0 aliphatic carbocycles. The highest BCUT2D eigenvalue weighted by Gasteiger charge is 2.14. The van der Waals surface area contributed by atoms with E-state index in [1.165, 1.54) is 11.3 Å². The molecule has 0 aliphatic heterocycles. The Hall–Kier alpha value is -2.83. The third kappa shape index (κ3) is 3.22. The number of hydrogen-bond acceptors (Lipinski definition) is 5. The molecule has 4 aromatic rings. The molecule has 0 atom stereocenters. The molecule has 0 saturated heterocycles. The molecule has 0 radical (unpaired) electrons. The SMILES string of the molecule is O=C(Nc1nc(-c2cccnc2)cs1)c1cc(Cl)nc2ccccc12. The number of fused-ring (bicyclic) bond motifs is 1. The van der Waals surface area contributed by atoms with Gasteiger partial charge in [-0.25, -0.2) is 9.97 Å². The summed E-state index contributed by atoms with van der Waals surface area (Å²) in [5, 5.41) is 6.24. The van der Waals surface area contributed by atoms with E-state index in [-0.39, 0.29) is 11.1 Å². The van der Waals surface area contributed by atoms with Crippen molar-refractivity contribution in [3.63, 3.8) is 0 Å². The van der Waals surface area contributed by atoms with Gasteiger partial charge in [-0.05, 0) is 24.3 Å². The van der Waals surface area contributed by atoms with Crippen LogP contribution in [0.1, 0.15) is 10.4 Å². The first-order valence-corrected chi connectivity index (χ1v) is 8.69. The van der Waals surface area contributed by atoms with Gasteiger partial charge in [-0.1, -0.05) is 29.8 Å². The second-order valence-electron chi connectivity index (χ2n) is 5.24. The summed E-state index contributed by atoms with van der Waals surface area (Å²) in [7, 11) is 0. The molecule has 5 nitrogen and oxygen atoms in total. The van der Waals surface area contributed by atoms with Crippen LogP contribution in [0, 0.1) is 0 Å². The van der Waals surface area contributed by atoms with Gasteiger partial charge in [0, 0.05) is 28.7 Å². The number of benzene rings is 1. The average Bonchev–Trinajstić information content (AvgIpc) is 3.10. The largest absolute Gasteiger partial charge is 0.298 e. The molecule has 122 valence electrons. The first kappa shape index (κ1) is 15.7. The van der Waals surface area contributed by atoms with Crippen molar-refractivity contribution in [1.29, 1.82) is 0 Å². The normalized spacial score (nSPS) is 10.8. The van der Waals surface area contributed by atoms with Crippen molar-refractivity contribution in [2.24, 2.45) is 0 Å². The number of nitrogens with zero attached hydrogens (tertiary/aromatic N) is 3. The number of carbonyl (C=O) groups excluding carboxylic acids is 1. The Morgan fingerprint density at radius 2 is 2.00 bits per heavy atom. The minimum Gasteiger partial charge on any atom is -0.298 e. The van der Waals surface area contributed by atoms with Gasteiger partial charge in [0.25, 0.3) is 5.91 Å². The number of thiazole rings is 1. The highest BCUT2D eigenvalue weighted by atomic mass is 35.5. The van der Waals surface area contributed by atoms with Crippen LogP contribution in [0.15, 0.2) is 60.2 Å². The van der Waals surface area contributed by atoms with E-state index in [0.717, 1.165) is 16.6 Å². The fourth-order valence-corrected chi connectivity index (χ4v) is 3.39. The molecule has 0 fully saturated rings. The van der Waals surface area contributed by atoms with E-state index in [4.69, 9.17) is 11.6 Å². The molecule has 4 rings (SSSR count). The van der Waals surface area contributed by atoms with Crippen LogP contribution in [0.4, 0.5) is 5.13 Å². The van der Waals surface area contributed by atoms with Crippen molar-refractivity contribution in [1.82, 2.24) is 15.0 Å². The van der Waals surface area contributed by atoms with Crippen LogP contribution in [0.2, 0.25) is 5.15 Å². The summed E-state index contributed by atoms with van der Waals surface area (Å²) in [5.74, 6) is -0.271. The molecule has 1 aromatic carbocycles. The van der Waals surface area contributed by atoms with Crippen molar-refractivity contribution < 1.29 is 4.79 Å². The topological polar surface area (TPSA) is 67.8 Å². The molecule has 25 heavy (non-hydrogen) atoms. The van der Waals surface area contributed by atoms with Crippen molar-refractivity contribution >= 4 is 44.9 Å². The van der Waals surface area contributed by atoms with Crippen LogP contribution < -0.4 is 5.32 Å². The Labute approximate surface area is 152 Å². The maximum absolute atomic E-state index is 12.7. The molecular formula is C18H11ClN4OS. The van der Waals surface area contributed by atoms with Gasteiger partial charge in [0.05, 0.1) is 16.8 Å². The quantitative estimate of drug-likeness (QED) is 0.535. The summed E-state index contributed by atoms with van der Waals surface area (Å²) in [5.41, 5.74) is 2.81. The van der Waals surface area contributed by atoms with Crippen LogP contribution in [-0.2, 0) is 0 Å². The van der Waals surface area contributed by atoms with Gasteiger partial charge in [0.1, 0.15) is 5.15 Å². The summed E-state index contributed by atoms with van der Waals surface area (Å²) < 4.78 is 0. The number of aromatic nitrogens is 3. The van der Waals surface area contributed by atoms with Gasteiger partial charge >= 0.3 is 0 Å². The molecule has 0 spiro atoms. The minimum atomic E-state index is -0.271.